The second kappa shape index (κ2) is 10.5. The van der Waals surface area contributed by atoms with Gasteiger partial charge in [-0.15, -0.1) is 0 Å². The Morgan fingerprint density at radius 1 is 0.372 bits per heavy atom. The fourth-order valence-corrected chi connectivity index (χ4v) is 5.61. The van der Waals surface area contributed by atoms with E-state index in [9.17, 15) is 0 Å². The number of para-hydroxylation sites is 1. The fourth-order valence-electron chi connectivity index (χ4n) is 5.61. The van der Waals surface area contributed by atoms with Crippen LogP contribution in [0.4, 0.5) is 0 Å². The van der Waals surface area contributed by atoms with Crippen LogP contribution in [0, 0.1) is 0 Å². The Hall–Kier alpha value is -5.87. The Bertz CT molecular complexity index is 2170. The number of furan rings is 1. The summed E-state index contributed by atoms with van der Waals surface area (Å²) in [4.78, 5) is 14.6. The second-order valence-electron chi connectivity index (χ2n) is 10.5. The van der Waals surface area contributed by atoms with E-state index in [0.717, 1.165) is 72.4 Å². The molecule has 4 nitrogen and oxygen atoms in total. The summed E-state index contributed by atoms with van der Waals surface area (Å²) in [5, 5.41) is 2.22. The van der Waals surface area contributed by atoms with Gasteiger partial charge in [-0.3, -0.25) is 4.98 Å². The number of fused-ring (bicyclic) bond motifs is 3. The first-order chi connectivity index (χ1) is 21.3. The third-order valence-electron chi connectivity index (χ3n) is 7.74. The average Bonchev–Trinajstić information content (AvgIpc) is 3.47. The molecule has 43 heavy (non-hydrogen) atoms. The molecular formula is C39H25N3O. The molecule has 0 radical (unpaired) electrons. The van der Waals surface area contributed by atoms with Gasteiger partial charge in [0.1, 0.15) is 16.9 Å². The number of hydrogen-bond donors (Lipinski definition) is 0. The second-order valence-corrected chi connectivity index (χ2v) is 10.5. The Balaban J connectivity index is 1.35. The van der Waals surface area contributed by atoms with Gasteiger partial charge in [-0.25, -0.2) is 9.97 Å². The predicted molar refractivity (Wildman–Crippen MR) is 174 cm³/mol. The van der Waals surface area contributed by atoms with Gasteiger partial charge in [-0.2, -0.15) is 0 Å². The van der Waals surface area contributed by atoms with Crippen molar-refractivity contribution in [3.05, 3.63) is 152 Å². The molecular weight excluding hydrogens is 526 g/mol. The zero-order valence-electron chi connectivity index (χ0n) is 23.2. The van der Waals surface area contributed by atoms with Crippen molar-refractivity contribution in [3.63, 3.8) is 0 Å². The highest BCUT2D eigenvalue weighted by Crippen LogP contribution is 2.37. The first-order valence-electron chi connectivity index (χ1n) is 14.3. The van der Waals surface area contributed by atoms with Crippen LogP contribution < -0.4 is 0 Å². The lowest BCUT2D eigenvalue weighted by molar-refractivity contribution is 0.669. The van der Waals surface area contributed by atoms with E-state index >= 15 is 0 Å². The molecule has 0 bridgehead atoms. The van der Waals surface area contributed by atoms with Gasteiger partial charge >= 0.3 is 0 Å². The summed E-state index contributed by atoms with van der Waals surface area (Å²) in [5.74, 6) is 0.593. The molecule has 4 heteroatoms. The molecule has 8 rings (SSSR count). The van der Waals surface area contributed by atoms with Gasteiger partial charge in [0.05, 0.1) is 11.4 Å². The largest absolute Gasteiger partial charge is 0.456 e. The molecule has 0 spiro atoms. The lowest BCUT2D eigenvalue weighted by Gasteiger charge is -2.13. The van der Waals surface area contributed by atoms with Crippen molar-refractivity contribution >= 4 is 21.9 Å². The van der Waals surface area contributed by atoms with E-state index in [4.69, 9.17) is 14.4 Å². The van der Waals surface area contributed by atoms with E-state index in [1.165, 1.54) is 0 Å². The van der Waals surface area contributed by atoms with Crippen LogP contribution in [-0.2, 0) is 0 Å². The minimum absolute atomic E-state index is 0.593. The van der Waals surface area contributed by atoms with Gasteiger partial charge < -0.3 is 4.42 Å². The lowest BCUT2D eigenvalue weighted by Crippen LogP contribution is -1.97. The molecule has 5 aromatic carbocycles. The van der Waals surface area contributed by atoms with Crippen molar-refractivity contribution in [2.45, 2.75) is 0 Å². The van der Waals surface area contributed by atoms with E-state index in [-0.39, 0.29) is 0 Å². The molecule has 8 aromatic rings. The Morgan fingerprint density at radius 3 is 1.77 bits per heavy atom. The molecule has 0 N–H and O–H groups in total. The summed E-state index contributed by atoms with van der Waals surface area (Å²) in [7, 11) is 0. The summed E-state index contributed by atoms with van der Waals surface area (Å²) in [6.07, 6.45) is 1.78. The number of aromatic nitrogens is 3. The summed E-state index contributed by atoms with van der Waals surface area (Å²) in [5.41, 5.74) is 10.7. The minimum Gasteiger partial charge on any atom is -0.456 e. The third kappa shape index (κ3) is 4.75. The van der Waals surface area contributed by atoms with E-state index in [1.54, 1.807) is 6.20 Å². The van der Waals surface area contributed by atoms with E-state index in [0.29, 0.717) is 5.82 Å². The monoisotopic (exact) mass is 551 g/mol. The first-order valence-corrected chi connectivity index (χ1v) is 14.3. The third-order valence-corrected chi connectivity index (χ3v) is 7.74. The maximum atomic E-state index is 6.12. The average molecular weight is 552 g/mol. The van der Waals surface area contributed by atoms with Crippen LogP contribution in [0.5, 0.6) is 0 Å². The van der Waals surface area contributed by atoms with E-state index < -0.39 is 0 Å². The van der Waals surface area contributed by atoms with Crippen molar-refractivity contribution in [2.24, 2.45) is 0 Å². The quantitative estimate of drug-likeness (QED) is 0.214. The van der Waals surface area contributed by atoms with Crippen LogP contribution in [0.3, 0.4) is 0 Å². The maximum Gasteiger partial charge on any atom is 0.179 e. The SMILES string of the molecule is c1ccc(-c2cc(-c3ccc4oc5ccccc5c4c3)cc(-c3cc(-c4ccccc4)nc(-c4ccccn4)n3)c2)cc1. The Morgan fingerprint density at radius 2 is 1.00 bits per heavy atom. The Labute approximate surface area is 249 Å². The molecule has 3 aromatic heterocycles. The molecule has 0 fully saturated rings. The highest BCUT2D eigenvalue weighted by atomic mass is 16.3. The van der Waals surface area contributed by atoms with Crippen molar-refractivity contribution in [3.8, 4) is 56.3 Å². The number of nitrogens with zero attached hydrogens (tertiary/aromatic N) is 3. The molecule has 0 unspecified atom stereocenters. The summed E-state index contributed by atoms with van der Waals surface area (Å²) in [6, 6.07) is 49.9. The van der Waals surface area contributed by atoms with Crippen LogP contribution >= 0.6 is 0 Å². The molecule has 0 atom stereocenters. The standard InChI is InChI=1S/C39H25N3O/c1-3-11-26(12-4-1)29-21-30(28-18-19-38-33(24-28)32-15-7-8-17-37(32)43-38)23-31(22-29)36-25-35(27-13-5-2-6-14-27)41-39(42-36)34-16-9-10-20-40-34/h1-25H. The topological polar surface area (TPSA) is 51.8 Å². The molecule has 0 saturated heterocycles. The summed E-state index contributed by atoms with van der Waals surface area (Å²) in [6.45, 7) is 0. The van der Waals surface area contributed by atoms with Crippen LogP contribution in [0.2, 0.25) is 0 Å². The molecule has 0 aliphatic rings. The number of rotatable bonds is 5. The number of benzene rings is 5. The van der Waals surface area contributed by atoms with Gasteiger partial charge in [0, 0.05) is 28.1 Å². The van der Waals surface area contributed by atoms with Crippen molar-refractivity contribution in [2.75, 3.05) is 0 Å². The molecule has 0 saturated carbocycles. The molecule has 3 heterocycles. The van der Waals surface area contributed by atoms with Crippen LogP contribution in [0.15, 0.2) is 156 Å². The van der Waals surface area contributed by atoms with Gasteiger partial charge in [0.15, 0.2) is 5.82 Å². The highest BCUT2D eigenvalue weighted by molar-refractivity contribution is 6.06. The smallest absolute Gasteiger partial charge is 0.179 e. The molecule has 0 aliphatic carbocycles. The van der Waals surface area contributed by atoms with Gasteiger partial charge in [0.25, 0.3) is 0 Å². The van der Waals surface area contributed by atoms with Gasteiger partial charge in [-0.05, 0) is 76.9 Å². The minimum atomic E-state index is 0.593. The molecule has 202 valence electrons. The van der Waals surface area contributed by atoms with Crippen molar-refractivity contribution in [1.29, 1.82) is 0 Å². The normalized spacial score (nSPS) is 11.3. The van der Waals surface area contributed by atoms with Crippen LogP contribution in [0.1, 0.15) is 0 Å². The highest BCUT2D eigenvalue weighted by Gasteiger charge is 2.15. The van der Waals surface area contributed by atoms with Crippen molar-refractivity contribution < 1.29 is 4.42 Å². The summed E-state index contributed by atoms with van der Waals surface area (Å²) >= 11 is 0. The van der Waals surface area contributed by atoms with E-state index in [2.05, 4.69) is 96.0 Å². The molecule has 0 aliphatic heterocycles. The number of pyridine rings is 1. The maximum absolute atomic E-state index is 6.12. The van der Waals surface area contributed by atoms with Crippen LogP contribution in [0.25, 0.3) is 78.2 Å². The van der Waals surface area contributed by atoms with Gasteiger partial charge in [0.2, 0.25) is 0 Å². The predicted octanol–water partition coefficient (Wildman–Crippen LogP) is 10.1. The molecule has 0 amide bonds. The lowest BCUT2D eigenvalue weighted by atomic mass is 9.94. The fraction of sp³-hybridized carbons (Fsp3) is 0. The van der Waals surface area contributed by atoms with Crippen molar-refractivity contribution in [1.82, 2.24) is 15.0 Å². The zero-order valence-corrected chi connectivity index (χ0v) is 23.2. The van der Waals surface area contributed by atoms with Gasteiger partial charge in [-0.1, -0.05) is 91.0 Å². The zero-order chi connectivity index (χ0) is 28.6. The number of hydrogen-bond acceptors (Lipinski definition) is 4. The first kappa shape index (κ1) is 24.9. The summed E-state index contributed by atoms with van der Waals surface area (Å²) < 4.78 is 6.12. The van der Waals surface area contributed by atoms with E-state index in [1.807, 2.05) is 54.6 Å². The van der Waals surface area contributed by atoms with Crippen LogP contribution in [-0.4, -0.2) is 15.0 Å². The Kier molecular flexibility index (Phi) is 6.08.